The fraction of sp³-hybridized carbons (Fsp3) is 0.579. The third-order valence-electron chi connectivity index (χ3n) is 4.72. The number of carbonyl (C=O) groups excluding carboxylic acids is 2. The number of rotatable bonds is 6. The quantitative estimate of drug-likeness (QED) is 0.785. The van der Waals surface area contributed by atoms with E-state index >= 15 is 0 Å². The van der Waals surface area contributed by atoms with Crippen LogP contribution in [0, 0.1) is 0 Å². The van der Waals surface area contributed by atoms with Crippen molar-refractivity contribution >= 4 is 17.5 Å². The lowest BCUT2D eigenvalue weighted by atomic mass is 9.68. The Morgan fingerprint density at radius 3 is 2.30 bits per heavy atom. The van der Waals surface area contributed by atoms with E-state index in [9.17, 15) is 9.59 Å². The molecule has 0 aliphatic heterocycles. The molecule has 0 saturated heterocycles. The number of hydrogen-bond acceptors (Lipinski definition) is 2. The van der Waals surface area contributed by atoms with Gasteiger partial charge in [-0.2, -0.15) is 0 Å². The highest BCUT2D eigenvalue weighted by Crippen LogP contribution is 2.40. The molecule has 0 spiro atoms. The van der Waals surface area contributed by atoms with Crippen molar-refractivity contribution in [3.05, 3.63) is 29.8 Å². The second-order valence-electron chi connectivity index (χ2n) is 6.51. The van der Waals surface area contributed by atoms with Crippen LogP contribution in [0.5, 0.6) is 0 Å². The number of nitrogens with one attached hydrogen (secondary N) is 2. The van der Waals surface area contributed by atoms with Gasteiger partial charge < -0.3 is 10.6 Å². The molecule has 4 nitrogen and oxygen atoms in total. The van der Waals surface area contributed by atoms with Crippen molar-refractivity contribution in [3.63, 3.8) is 0 Å². The molecule has 2 rings (SSSR count). The first kappa shape index (κ1) is 17.5. The molecule has 126 valence electrons. The van der Waals surface area contributed by atoms with E-state index in [2.05, 4.69) is 17.6 Å². The van der Waals surface area contributed by atoms with Crippen LogP contribution in [0.3, 0.4) is 0 Å². The van der Waals surface area contributed by atoms with Crippen LogP contribution < -0.4 is 10.6 Å². The third kappa shape index (κ3) is 4.34. The first-order chi connectivity index (χ1) is 11.1. The molecular formula is C19H28N2O2. The standard InChI is InChI=1S/C19H28N2O2/c1-3-4-14-20-18(23)19(12-6-5-7-13-19)16-8-10-17(11-9-16)21-15(2)22/h8-11H,3-7,12-14H2,1-2H3,(H,20,23)(H,21,22). The first-order valence-electron chi connectivity index (χ1n) is 8.75. The molecule has 0 bridgehead atoms. The van der Waals surface area contributed by atoms with Crippen LogP contribution in [0.2, 0.25) is 0 Å². The molecule has 0 aromatic heterocycles. The van der Waals surface area contributed by atoms with Gasteiger partial charge in [0.05, 0.1) is 5.41 Å². The zero-order chi connectivity index (χ0) is 16.7. The number of amides is 2. The molecule has 4 heteroatoms. The molecule has 1 aromatic rings. The van der Waals surface area contributed by atoms with Gasteiger partial charge >= 0.3 is 0 Å². The minimum Gasteiger partial charge on any atom is -0.355 e. The maximum absolute atomic E-state index is 12.9. The Kier molecular flexibility index (Phi) is 6.20. The Hall–Kier alpha value is -1.84. The van der Waals surface area contributed by atoms with Crippen LogP contribution in [0.4, 0.5) is 5.69 Å². The summed E-state index contributed by atoms with van der Waals surface area (Å²) in [7, 11) is 0. The molecule has 2 amide bonds. The summed E-state index contributed by atoms with van der Waals surface area (Å²) in [6.07, 6.45) is 7.30. The van der Waals surface area contributed by atoms with E-state index in [1.165, 1.54) is 13.3 Å². The highest BCUT2D eigenvalue weighted by atomic mass is 16.2. The highest BCUT2D eigenvalue weighted by Gasteiger charge is 2.40. The van der Waals surface area contributed by atoms with Gasteiger partial charge in [0.1, 0.15) is 0 Å². The fourth-order valence-electron chi connectivity index (χ4n) is 3.43. The topological polar surface area (TPSA) is 58.2 Å². The number of carbonyl (C=O) groups is 2. The second kappa shape index (κ2) is 8.14. The zero-order valence-electron chi connectivity index (χ0n) is 14.3. The molecule has 1 aromatic carbocycles. The molecule has 0 heterocycles. The average molecular weight is 316 g/mol. The normalized spacial score (nSPS) is 16.6. The number of anilines is 1. The highest BCUT2D eigenvalue weighted by molar-refractivity contribution is 5.90. The van der Waals surface area contributed by atoms with Gasteiger partial charge in [-0.15, -0.1) is 0 Å². The maximum Gasteiger partial charge on any atom is 0.230 e. The molecule has 1 fully saturated rings. The molecule has 1 aliphatic rings. The molecule has 0 radical (unpaired) electrons. The van der Waals surface area contributed by atoms with Gasteiger partial charge in [-0.3, -0.25) is 9.59 Å². The maximum atomic E-state index is 12.9. The van der Waals surface area contributed by atoms with E-state index in [0.29, 0.717) is 0 Å². The number of hydrogen-bond donors (Lipinski definition) is 2. The van der Waals surface area contributed by atoms with Crippen LogP contribution >= 0.6 is 0 Å². The number of unbranched alkanes of at least 4 members (excludes halogenated alkanes) is 1. The third-order valence-corrected chi connectivity index (χ3v) is 4.72. The van der Waals surface area contributed by atoms with E-state index in [-0.39, 0.29) is 11.8 Å². The summed E-state index contributed by atoms with van der Waals surface area (Å²) in [5.41, 5.74) is 1.44. The van der Waals surface area contributed by atoms with Crippen LogP contribution in [0.15, 0.2) is 24.3 Å². The van der Waals surface area contributed by atoms with Crippen molar-refractivity contribution in [1.29, 1.82) is 0 Å². The Bertz CT molecular complexity index is 531. The minimum atomic E-state index is -0.402. The summed E-state index contributed by atoms with van der Waals surface area (Å²) < 4.78 is 0. The van der Waals surface area contributed by atoms with Crippen molar-refractivity contribution < 1.29 is 9.59 Å². The van der Waals surface area contributed by atoms with Crippen LogP contribution in [-0.2, 0) is 15.0 Å². The summed E-state index contributed by atoms with van der Waals surface area (Å²) in [6.45, 7) is 4.38. The summed E-state index contributed by atoms with van der Waals surface area (Å²) in [6, 6.07) is 7.78. The summed E-state index contributed by atoms with van der Waals surface area (Å²) >= 11 is 0. The lowest BCUT2D eigenvalue weighted by molar-refractivity contribution is -0.128. The molecular weight excluding hydrogens is 288 g/mol. The van der Waals surface area contributed by atoms with Crippen molar-refractivity contribution in [3.8, 4) is 0 Å². The Balaban J connectivity index is 2.20. The van der Waals surface area contributed by atoms with E-state index < -0.39 is 5.41 Å². The van der Waals surface area contributed by atoms with E-state index in [1.54, 1.807) is 0 Å². The van der Waals surface area contributed by atoms with E-state index in [1.807, 2.05) is 24.3 Å². The van der Waals surface area contributed by atoms with Gasteiger partial charge in [0, 0.05) is 19.2 Å². The predicted octanol–water partition coefficient (Wildman–Crippen LogP) is 3.76. The number of benzene rings is 1. The molecule has 1 saturated carbocycles. The van der Waals surface area contributed by atoms with Crippen LogP contribution in [0.1, 0.15) is 64.4 Å². The lowest BCUT2D eigenvalue weighted by Gasteiger charge is -2.36. The Morgan fingerprint density at radius 1 is 1.09 bits per heavy atom. The van der Waals surface area contributed by atoms with Gasteiger partial charge in [-0.1, -0.05) is 44.7 Å². The van der Waals surface area contributed by atoms with Crippen molar-refractivity contribution in [2.24, 2.45) is 0 Å². The second-order valence-corrected chi connectivity index (χ2v) is 6.51. The average Bonchev–Trinajstić information content (AvgIpc) is 2.55. The zero-order valence-corrected chi connectivity index (χ0v) is 14.3. The molecule has 0 atom stereocenters. The van der Waals surface area contributed by atoms with Crippen molar-refractivity contribution in [2.45, 2.75) is 64.2 Å². The fourth-order valence-corrected chi connectivity index (χ4v) is 3.43. The van der Waals surface area contributed by atoms with E-state index in [0.717, 1.165) is 56.3 Å². The molecule has 1 aliphatic carbocycles. The van der Waals surface area contributed by atoms with Crippen molar-refractivity contribution in [1.82, 2.24) is 5.32 Å². The largest absolute Gasteiger partial charge is 0.355 e. The Morgan fingerprint density at radius 2 is 1.74 bits per heavy atom. The van der Waals surface area contributed by atoms with E-state index in [4.69, 9.17) is 0 Å². The first-order valence-corrected chi connectivity index (χ1v) is 8.75. The van der Waals surface area contributed by atoms with Gasteiger partial charge in [0.15, 0.2) is 0 Å². The van der Waals surface area contributed by atoms with Crippen molar-refractivity contribution in [2.75, 3.05) is 11.9 Å². The molecule has 0 unspecified atom stereocenters. The van der Waals surface area contributed by atoms with Gasteiger partial charge in [-0.05, 0) is 37.0 Å². The monoisotopic (exact) mass is 316 g/mol. The molecule has 2 N–H and O–H groups in total. The Labute approximate surface area is 139 Å². The lowest BCUT2D eigenvalue weighted by Crippen LogP contribution is -2.46. The summed E-state index contributed by atoms with van der Waals surface area (Å²) in [4.78, 5) is 24.0. The van der Waals surface area contributed by atoms with Gasteiger partial charge in [0.2, 0.25) is 11.8 Å². The smallest absolute Gasteiger partial charge is 0.230 e. The molecule has 23 heavy (non-hydrogen) atoms. The SMILES string of the molecule is CCCCNC(=O)C1(c2ccc(NC(C)=O)cc2)CCCCC1. The van der Waals surface area contributed by atoms with Gasteiger partial charge in [-0.25, -0.2) is 0 Å². The summed E-state index contributed by atoms with van der Waals surface area (Å²) in [5, 5.41) is 5.91. The minimum absolute atomic E-state index is 0.0811. The summed E-state index contributed by atoms with van der Waals surface area (Å²) in [5.74, 6) is 0.0837. The van der Waals surface area contributed by atoms with Gasteiger partial charge in [0.25, 0.3) is 0 Å². The predicted molar refractivity (Wildman–Crippen MR) is 93.4 cm³/mol. The van der Waals surface area contributed by atoms with Crippen LogP contribution in [-0.4, -0.2) is 18.4 Å². The van der Waals surface area contributed by atoms with Crippen LogP contribution in [0.25, 0.3) is 0 Å².